The van der Waals surface area contributed by atoms with Gasteiger partial charge in [-0.1, -0.05) is 0 Å². The van der Waals surface area contributed by atoms with Crippen LogP contribution >= 0.6 is 0 Å². The average molecular weight is 405 g/mol. The number of methoxy groups -OCH3 is 3. The van der Waals surface area contributed by atoms with Gasteiger partial charge in [0.1, 0.15) is 11.6 Å². The van der Waals surface area contributed by atoms with E-state index < -0.39 is 10.0 Å². The summed E-state index contributed by atoms with van der Waals surface area (Å²) >= 11 is 0. The predicted molar refractivity (Wildman–Crippen MR) is 106 cm³/mol. The zero-order valence-electron chi connectivity index (χ0n) is 16.2. The maximum Gasteiger partial charge on any atom is 0.240 e. The summed E-state index contributed by atoms with van der Waals surface area (Å²) in [6.07, 6.45) is 0.444. The van der Waals surface area contributed by atoms with Gasteiger partial charge in [-0.25, -0.2) is 18.1 Å². The lowest BCUT2D eigenvalue weighted by Gasteiger charge is -2.11. The van der Waals surface area contributed by atoms with Crippen LogP contribution in [0.25, 0.3) is 11.0 Å². The highest BCUT2D eigenvalue weighted by Gasteiger charge is 2.17. The number of sulfonamides is 1. The minimum atomic E-state index is -3.68. The number of hydrogen-bond donors (Lipinski definition) is 1. The summed E-state index contributed by atoms with van der Waals surface area (Å²) < 4.78 is 45.2. The second-order valence-electron chi connectivity index (χ2n) is 6.11. The highest BCUT2D eigenvalue weighted by Crippen LogP contribution is 2.29. The zero-order valence-corrected chi connectivity index (χ0v) is 17.0. The molecule has 0 saturated carbocycles. The molecule has 0 unspecified atom stereocenters. The Labute approximate surface area is 164 Å². The molecule has 1 N–H and O–H groups in total. The van der Waals surface area contributed by atoms with Gasteiger partial charge in [-0.05, 0) is 24.3 Å². The van der Waals surface area contributed by atoms with E-state index in [9.17, 15) is 8.42 Å². The first-order chi connectivity index (χ1) is 13.4. The molecule has 1 aromatic heterocycles. The van der Waals surface area contributed by atoms with Crippen molar-refractivity contribution in [2.75, 3.05) is 27.9 Å². The van der Waals surface area contributed by atoms with Crippen LogP contribution in [0.2, 0.25) is 0 Å². The molecule has 0 spiro atoms. The number of fused-ring (bicyclic) bond motifs is 1. The quantitative estimate of drug-likeness (QED) is 0.617. The third kappa shape index (κ3) is 3.90. The van der Waals surface area contributed by atoms with Crippen molar-refractivity contribution in [2.45, 2.75) is 11.3 Å². The molecule has 150 valence electrons. The molecule has 3 rings (SSSR count). The summed E-state index contributed by atoms with van der Waals surface area (Å²) in [4.78, 5) is 4.69. The Morgan fingerprint density at radius 1 is 1.00 bits per heavy atom. The Bertz CT molecular complexity index is 1090. The number of nitrogens with one attached hydrogen (secondary N) is 1. The van der Waals surface area contributed by atoms with Crippen LogP contribution in [-0.4, -0.2) is 45.8 Å². The minimum absolute atomic E-state index is 0.111. The maximum absolute atomic E-state index is 12.6. The van der Waals surface area contributed by atoms with Gasteiger partial charge in [0.25, 0.3) is 0 Å². The number of rotatable bonds is 8. The summed E-state index contributed by atoms with van der Waals surface area (Å²) in [5.41, 5.74) is 1.76. The number of nitrogens with zero attached hydrogens (tertiary/aromatic N) is 2. The Hall–Kier alpha value is -2.78. The topological polar surface area (TPSA) is 91.7 Å². The smallest absolute Gasteiger partial charge is 0.240 e. The fraction of sp³-hybridized carbons (Fsp3) is 0.316. The second-order valence-corrected chi connectivity index (χ2v) is 7.87. The van der Waals surface area contributed by atoms with Crippen molar-refractivity contribution in [3.63, 3.8) is 0 Å². The fourth-order valence-corrected chi connectivity index (χ4v) is 3.99. The molecule has 1 heterocycles. The molecule has 3 aromatic rings. The number of ether oxygens (including phenoxy) is 3. The van der Waals surface area contributed by atoms with Crippen LogP contribution in [0, 0.1) is 0 Å². The molecule has 9 heteroatoms. The first kappa shape index (κ1) is 20.0. The van der Waals surface area contributed by atoms with Crippen molar-refractivity contribution < 1.29 is 22.6 Å². The lowest BCUT2D eigenvalue weighted by Crippen LogP contribution is -2.26. The standard InChI is InChI=1S/C19H23N3O5S/c1-22-16-7-5-13(25-2)11-15(16)21-19(22)9-10-20-28(23,24)14-6-8-17(26-3)18(12-14)27-4/h5-8,11-12,20H,9-10H2,1-4H3. The summed E-state index contributed by atoms with van der Waals surface area (Å²) in [5.74, 6) is 2.33. The van der Waals surface area contributed by atoms with Gasteiger partial charge in [-0.15, -0.1) is 0 Å². The van der Waals surface area contributed by atoms with Crippen LogP contribution in [0.4, 0.5) is 0 Å². The van der Waals surface area contributed by atoms with E-state index in [4.69, 9.17) is 14.2 Å². The molecule has 0 aliphatic heterocycles. The van der Waals surface area contributed by atoms with E-state index in [-0.39, 0.29) is 11.4 Å². The normalized spacial score (nSPS) is 11.6. The predicted octanol–water partition coefficient (Wildman–Crippen LogP) is 2.12. The van der Waals surface area contributed by atoms with Crippen LogP contribution < -0.4 is 18.9 Å². The van der Waals surface area contributed by atoms with Gasteiger partial charge in [0.15, 0.2) is 11.5 Å². The molecule has 0 saturated heterocycles. The molecular formula is C19H23N3O5S. The minimum Gasteiger partial charge on any atom is -0.497 e. The van der Waals surface area contributed by atoms with Gasteiger partial charge in [0.05, 0.1) is 37.3 Å². The Morgan fingerprint density at radius 3 is 2.43 bits per heavy atom. The molecule has 0 aliphatic rings. The summed E-state index contributed by atoms with van der Waals surface area (Å²) in [6.45, 7) is 0.213. The molecule has 0 atom stereocenters. The van der Waals surface area contributed by atoms with E-state index in [0.29, 0.717) is 17.9 Å². The first-order valence-electron chi connectivity index (χ1n) is 8.60. The second kappa shape index (κ2) is 8.07. The Balaban J connectivity index is 1.73. The van der Waals surface area contributed by atoms with Crippen molar-refractivity contribution >= 4 is 21.1 Å². The van der Waals surface area contributed by atoms with E-state index in [1.54, 1.807) is 13.2 Å². The van der Waals surface area contributed by atoms with E-state index in [1.807, 2.05) is 29.8 Å². The number of hydrogen-bond acceptors (Lipinski definition) is 6. The summed E-state index contributed by atoms with van der Waals surface area (Å²) in [5, 5.41) is 0. The monoisotopic (exact) mass is 405 g/mol. The van der Waals surface area contributed by atoms with Gasteiger partial charge in [0, 0.05) is 32.1 Å². The molecule has 0 amide bonds. The van der Waals surface area contributed by atoms with Gasteiger partial charge in [-0.3, -0.25) is 0 Å². The molecule has 0 fully saturated rings. The molecule has 28 heavy (non-hydrogen) atoms. The van der Waals surface area contributed by atoms with E-state index >= 15 is 0 Å². The van der Waals surface area contributed by atoms with E-state index in [1.165, 1.54) is 26.4 Å². The van der Waals surface area contributed by atoms with Crippen LogP contribution in [0.15, 0.2) is 41.3 Å². The molecule has 0 aliphatic carbocycles. The van der Waals surface area contributed by atoms with Gasteiger partial charge < -0.3 is 18.8 Å². The molecule has 2 aromatic carbocycles. The summed E-state index contributed by atoms with van der Waals surface area (Å²) in [7, 11) is 2.78. The first-order valence-corrected chi connectivity index (χ1v) is 10.1. The van der Waals surface area contributed by atoms with Crippen molar-refractivity contribution in [3.05, 3.63) is 42.2 Å². The Kier molecular flexibility index (Phi) is 5.76. The molecule has 0 bridgehead atoms. The number of aromatic nitrogens is 2. The van der Waals surface area contributed by atoms with Crippen LogP contribution in [0.5, 0.6) is 17.2 Å². The largest absolute Gasteiger partial charge is 0.497 e. The lowest BCUT2D eigenvalue weighted by molar-refractivity contribution is 0.354. The average Bonchev–Trinajstić information content (AvgIpc) is 3.02. The maximum atomic E-state index is 12.6. The lowest BCUT2D eigenvalue weighted by atomic mass is 10.3. The van der Waals surface area contributed by atoms with E-state index in [0.717, 1.165) is 22.6 Å². The molecular weight excluding hydrogens is 382 g/mol. The van der Waals surface area contributed by atoms with Crippen LogP contribution in [0.3, 0.4) is 0 Å². The van der Waals surface area contributed by atoms with E-state index in [2.05, 4.69) is 9.71 Å². The van der Waals surface area contributed by atoms with Gasteiger partial charge >= 0.3 is 0 Å². The summed E-state index contributed by atoms with van der Waals surface area (Å²) in [6, 6.07) is 10.1. The zero-order chi connectivity index (χ0) is 20.3. The number of benzene rings is 2. The number of aryl methyl sites for hydroxylation is 1. The molecule has 8 nitrogen and oxygen atoms in total. The van der Waals surface area contributed by atoms with Crippen LogP contribution in [-0.2, 0) is 23.5 Å². The van der Waals surface area contributed by atoms with Crippen LogP contribution in [0.1, 0.15) is 5.82 Å². The molecule has 0 radical (unpaired) electrons. The highest BCUT2D eigenvalue weighted by atomic mass is 32.2. The third-order valence-corrected chi connectivity index (χ3v) is 5.95. The van der Waals surface area contributed by atoms with Gasteiger partial charge in [-0.2, -0.15) is 0 Å². The van der Waals surface area contributed by atoms with Gasteiger partial charge in [0.2, 0.25) is 10.0 Å². The van der Waals surface area contributed by atoms with Crippen molar-refractivity contribution in [1.29, 1.82) is 0 Å². The number of imidazole rings is 1. The van der Waals surface area contributed by atoms with Crippen molar-refractivity contribution in [2.24, 2.45) is 7.05 Å². The van der Waals surface area contributed by atoms with Crippen molar-refractivity contribution in [3.8, 4) is 17.2 Å². The Morgan fingerprint density at radius 2 is 1.75 bits per heavy atom. The third-order valence-electron chi connectivity index (χ3n) is 4.49. The SMILES string of the molecule is COc1ccc2c(c1)nc(CCNS(=O)(=O)c1ccc(OC)c(OC)c1)n2C. The highest BCUT2D eigenvalue weighted by molar-refractivity contribution is 7.89. The van der Waals surface area contributed by atoms with Crippen molar-refractivity contribution in [1.82, 2.24) is 14.3 Å². The fourth-order valence-electron chi connectivity index (χ4n) is 2.94.